The maximum atomic E-state index is 12.4. The number of carbonyl (C=O) groups excluding carboxylic acids is 1. The second-order valence-electron chi connectivity index (χ2n) is 6.13. The SMILES string of the molecule is COc1cccc(Oc2cnc(C(=O)NC3CC4CCC3N4)s2)c1. The van der Waals surface area contributed by atoms with Crippen LogP contribution in [0.1, 0.15) is 29.1 Å². The molecule has 0 spiro atoms. The van der Waals surface area contributed by atoms with Crippen LogP contribution in [-0.4, -0.2) is 36.1 Å². The summed E-state index contributed by atoms with van der Waals surface area (Å²) in [5, 5.41) is 7.62. The fourth-order valence-electron chi connectivity index (χ4n) is 3.41. The molecule has 2 bridgehead atoms. The second kappa shape index (κ2) is 6.41. The van der Waals surface area contributed by atoms with E-state index in [1.807, 2.05) is 18.2 Å². The van der Waals surface area contributed by atoms with Gasteiger partial charge in [-0.2, -0.15) is 0 Å². The highest BCUT2D eigenvalue weighted by atomic mass is 32.1. The largest absolute Gasteiger partial charge is 0.497 e. The maximum absolute atomic E-state index is 12.4. The number of ether oxygens (including phenoxy) is 2. The van der Waals surface area contributed by atoms with Gasteiger partial charge in [0.15, 0.2) is 5.01 Å². The Kier molecular flexibility index (Phi) is 4.12. The minimum atomic E-state index is -0.125. The van der Waals surface area contributed by atoms with Crippen molar-refractivity contribution in [2.75, 3.05) is 7.11 Å². The van der Waals surface area contributed by atoms with Crippen LogP contribution >= 0.6 is 11.3 Å². The smallest absolute Gasteiger partial charge is 0.280 e. The van der Waals surface area contributed by atoms with Crippen LogP contribution in [-0.2, 0) is 0 Å². The van der Waals surface area contributed by atoms with Crippen molar-refractivity contribution in [3.05, 3.63) is 35.5 Å². The van der Waals surface area contributed by atoms with Crippen LogP contribution in [0.5, 0.6) is 16.6 Å². The van der Waals surface area contributed by atoms with Crippen LogP contribution < -0.4 is 20.1 Å². The molecule has 2 fully saturated rings. The Morgan fingerprint density at radius 1 is 1.38 bits per heavy atom. The lowest BCUT2D eigenvalue weighted by Crippen LogP contribution is -2.42. The molecule has 0 aliphatic carbocycles. The number of benzene rings is 1. The van der Waals surface area contributed by atoms with Gasteiger partial charge in [0.2, 0.25) is 5.06 Å². The normalized spacial score (nSPS) is 24.8. The third kappa shape index (κ3) is 3.09. The van der Waals surface area contributed by atoms with Gasteiger partial charge in [-0.3, -0.25) is 4.79 Å². The number of hydrogen-bond acceptors (Lipinski definition) is 6. The van der Waals surface area contributed by atoms with E-state index in [1.165, 1.54) is 17.8 Å². The van der Waals surface area contributed by atoms with E-state index in [2.05, 4.69) is 15.6 Å². The predicted octanol–water partition coefficient (Wildman–Crippen LogP) is 2.57. The zero-order chi connectivity index (χ0) is 16.5. The molecule has 3 unspecified atom stereocenters. The highest BCUT2D eigenvalue weighted by molar-refractivity contribution is 7.15. The van der Waals surface area contributed by atoms with E-state index in [0.717, 1.165) is 18.6 Å². The summed E-state index contributed by atoms with van der Waals surface area (Å²) in [5.41, 5.74) is 0. The summed E-state index contributed by atoms with van der Waals surface area (Å²) in [6.07, 6.45) is 4.94. The summed E-state index contributed by atoms with van der Waals surface area (Å²) in [7, 11) is 1.61. The molecule has 3 atom stereocenters. The third-order valence-corrected chi connectivity index (χ3v) is 5.43. The summed E-state index contributed by atoms with van der Waals surface area (Å²) in [4.78, 5) is 16.6. The Balaban J connectivity index is 1.39. The number of methoxy groups -OCH3 is 1. The summed E-state index contributed by atoms with van der Waals surface area (Å²) >= 11 is 1.25. The predicted molar refractivity (Wildman–Crippen MR) is 91.0 cm³/mol. The van der Waals surface area contributed by atoms with Gasteiger partial charge in [0.05, 0.1) is 13.3 Å². The number of nitrogens with one attached hydrogen (secondary N) is 2. The number of fused-ring (bicyclic) bond motifs is 2. The number of amides is 1. The molecule has 3 heterocycles. The van der Waals surface area contributed by atoms with Crippen LogP contribution in [0.4, 0.5) is 0 Å². The summed E-state index contributed by atoms with van der Waals surface area (Å²) in [6, 6.07) is 8.51. The zero-order valence-corrected chi connectivity index (χ0v) is 14.1. The first-order valence-corrected chi connectivity index (χ1v) is 8.87. The van der Waals surface area contributed by atoms with Crippen molar-refractivity contribution in [1.82, 2.24) is 15.6 Å². The fourth-order valence-corrected chi connectivity index (χ4v) is 4.10. The van der Waals surface area contributed by atoms with Gasteiger partial charge in [-0.05, 0) is 31.4 Å². The van der Waals surface area contributed by atoms with Crippen molar-refractivity contribution < 1.29 is 14.3 Å². The lowest BCUT2D eigenvalue weighted by Gasteiger charge is -2.20. The van der Waals surface area contributed by atoms with E-state index in [-0.39, 0.29) is 11.9 Å². The van der Waals surface area contributed by atoms with Crippen molar-refractivity contribution >= 4 is 17.2 Å². The highest BCUT2D eigenvalue weighted by Gasteiger charge is 2.39. The van der Waals surface area contributed by atoms with Gasteiger partial charge in [0, 0.05) is 24.2 Å². The molecule has 1 aromatic heterocycles. The lowest BCUT2D eigenvalue weighted by atomic mass is 9.95. The minimum Gasteiger partial charge on any atom is -0.497 e. The van der Waals surface area contributed by atoms with Gasteiger partial charge in [-0.25, -0.2) is 4.98 Å². The van der Waals surface area contributed by atoms with E-state index < -0.39 is 0 Å². The minimum absolute atomic E-state index is 0.125. The highest BCUT2D eigenvalue weighted by Crippen LogP contribution is 2.31. The van der Waals surface area contributed by atoms with Crippen LogP contribution in [0.3, 0.4) is 0 Å². The van der Waals surface area contributed by atoms with Crippen molar-refractivity contribution in [1.29, 1.82) is 0 Å². The van der Waals surface area contributed by atoms with E-state index in [0.29, 0.717) is 27.9 Å². The average molecular weight is 345 g/mol. The third-order valence-electron chi connectivity index (χ3n) is 4.55. The average Bonchev–Trinajstić information content (AvgIpc) is 3.31. The first kappa shape index (κ1) is 15.4. The van der Waals surface area contributed by atoms with E-state index in [9.17, 15) is 4.79 Å². The molecule has 0 radical (unpaired) electrons. The lowest BCUT2D eigenvalue weighted by molar-refractivity contribution is 0.0930. The van der Waals surface area contributed by atoms with Gasteiger partial charge in [0.1, 0.15) is 11.5 Å². The molecule has 7 heteroatoms. The van der Waals surface area contributed by atoms with E-state index >= 15 is 0 Å². The topological polar surface area (TPSA) is 72.5 Å². The monoisotopic (exact) mass is 345 g/mol. The zero-order valence-electron chi connectivity index (χ0n) is 13.3. The molecule has 2 aromatic rings. The molecule has 2 aliphatic heterocycles. The van der Waals surface area contributed by atoms with Gasteiger partial charge < -0.3 is 20.1 Å². The Morgan fingerprint density at radius 2 is 2.25 bits per heavy atom. The second-order valence-corrected chi connectivity index (χ2v) is 7.12. The van der Waals surface area contributed by atoms with E-state index in [4.69, 9.17) is 9.47 Å². The Hall–Kier alpha value is -2.12. The Labute approximate surface area is 144 Å². The van der Waals surface area contributed by atoms with Crippen LogP contribution in [0.25, 0.3) is 0 Å². The molecule has 2 saturated heterocycles. The van der Waals surface area contributed by atoms with Gasteiger partial charge in [0.25, 0.3) is 5.91 Å². The molecule has 2 N–H and O–H groups in total. The molecule has 126 valence electrons. The van der Waals surface area contributed by atoms with Crippen molar-refractivity contribution in [3.8, 4) is 16.6 Å². The van der Waals surface area contributed by atoms with Crippen molar-refractivity contribution in [2.24, 2.45) is 0 Å². The number of hydrogen-bond donors (Lipinski definition) is 2. The molecule has 2 aliphatic rings. The summed E-state index contributed by atoms with van der Waals surface area (Å²) < 4.78 is 10.9. The molecule has 24 heavy (non-hydrogen) atoms. The van der Waals surface area contributed by atoms with Gasteiger partial charge in [-0.15, -0.1) is 0 Å². The van der Waals surface area contributed by atoms with Crippen molar-refractivity contribution in [3.63, 3.8) is 0 Å². The number of nitrogens with zero attached hydrogens (tertiary/aromatic N) is 1. The summed E-state index contributed by atoms with van der Waals surface area (Å²) in [6.45, 7) is 0. The first-order chi connectivity index (χ1) is 11.7. The van der Waals surface area contributed by atoms with Gasteiger partial charge >= 0.3 is 0 Å². The summed E-state index contributed by atoms with van der Waals surface area (Å²) in [5.74, 6) is 1.25. The molecular formula is C17H19N3O3S. The Bertz CT molecular complexity index is 748. The number of rotatable bonds is 5. The van der Waals surface area contributed by atoms with Crippen LogP contribution in [0.15, 0.2) is 30.5 Å². The maximum Gasteiger partial charge on any atom is 0.280 e. The molecule has 6 nitrogen and oxygen atoms in total. The fraction of sp³-hybridized carbons (Fsp3) is 0.412. The molecule has 4 rings (SSSR count). The van der Waals surface area contributed by atoms with Crippen LogP contribution in [0, 0.1) is 0 Å². The molecule has 1 amide bonds. The number of aromatic nitrogens is 1. The first-order valence-electron chi connectivity index (χ1n) is 8.06. The van der Waals surface area contributed by atoms with Crippen LogP contribution in [0.2, 0.25) is 0 Å². The molecule has 1 aromatic carbocycles. The standard InChI is InChI=1S/C17H19N3O3S/c1-22-11-3-2-4-12(8-11)23-15-9-18-17(24-15)16(21)20-14-7-10-5-6-13(14)19-10/h2-4,8-10,13-14,19H,5-7H2,1H3,(H,20,21). The molecular weight excluding hydrogens is 326 g/mol. The quantitative estimate of drug-likeness (QED) is 0.871. The van der Waals surface area contributed by atoms with Crippen molar-refractivity contribution in [2.45, 2.75) is 37.4 Å². The number of carbonyl (C=O) groups is 1. The molecule has 0 saturated carbocycles. The Morgan fingerprint density at radius 3 is 3.00 bits per heavy atom. The van der Waals surface area contributed by atoms with Gasteiger partial charge in [-0.1, -0.05) is 17.4 Å². The van der Waals surface area contributed by atoms with E-state index in [1.54, 1.807) is 19.4 Å². The number of thiazole rings is 1.